The van der Waals surface area contributed by atoms with Crippen LogP contribution in [0.4, 0.5) is 5.69 Å². The number of hydrogen-bond donors (Lipinski definition) is 0. The predicted molar refractivity (Wildman–Crippen MR) is 163 cm³/mol. The Hall–Kier alpha value is -4.68. The number of para-hydroxylation sites is 1. The van der Waals surface area contributed by atoms with Crippen LogP contribution in [0.1, 0.15) is 43.9 Å². The van der Waals surface area contributed by atoms with Crippen molar-refractivity contribution in [2.45, 2.75) is 32.4 Å². The van der Waals surface area contributed by atoms with E-state index < -0.39 is 11.4 Å². The third-order valence-corrected chi connectivity index (χ3v) is 8.97. The van der Waals surface area contributed by atoms with Crippen molar-refractivity contribution in [2.24, 2.45) is 0 Å². The lowest BCUT2D eigenvalue weighted by Crippen LogP contribution is -2.53. The van der Waals surface area contributed by atoms with Gasteiger partial charge < -0.3 is 14.2 Å². The zero-order valence-corrected chi connectivity index (χ0v) is 23.9. The van der Waals surface area contributed by atoms with E-state index in [-0.39, 0.29) is 35.7 Å². The number of halogens is 1. The quantitative estimate of drug-likeness (QED) is 0.239. The Bertz CT molecular complexity index is 1980. The number of amides is 2. The van der Waals surface area contributed by atoms with Crippen LogP contribution in [-0.4, -0.2) is 23.3 Å². The molecule has 1 unspecified atom stereocenters. The molecule has 42 heavy (non-hydrogen) atoms. The minimum Gasteiger partial charge on any atom is -0.450 e. The topological polar surface area (TPSA) is 70.8 Å². The van der Waals surface area contributed by atoms with E-state index in [0.29, 0.717) is 33.7 Å². The molecule has 7 heteroatoms. The van der Waals surface area contributed by atoms with E-state index in [0.717, 1.165) is 22.3 Å². The molecule has 0 bridgehead atoms. The summed E-state index contributed by atoms with van der Waals surface area (Å²) in [5.74, 6) is -0.924. The number of carbonyl (C=O) groups excluding carboxylic acids is 2. The largest absolute Gasteiger partial charge is 0.450 e. The molecule has 7 rings (SSSR count). The minimum atomic E-state index is -1.67. The molecule has 208 valence electrons. The van der Waals surface area contributed by atoms with Crippen molar-refractivity contribution in [3.63, 3.8) is 0 Å². The van der Waals surface area contributed by atoms with Crippen LogP contribution < -0.4 is 10.3 Å². The number of benzene rings is 4. The standard InChI is InChI=1S/C35H27ClN2O4/c1-21-18-25-29(19-22(21)2)42-32-30(31(25)39)35(38(33(32)40)17-16-23-10-4-3-5-11-23)26-13-7-9-15-28(26)37(34(35)41)20-24-12-6-8-14-27(24)36/h3-15,18-19H,16-17,20H2,1-2H3. The molecule has 3 heterocycles. The first-order valence-electron chi connectivity index (χ1n) is 13.9. The van der Waals surface area contributed by atoms with Crippen molar-refractivity contribution in [3.05, 3.63) is 145 Å². The summed E-state index contributed by atoms with van der Waals surface area (Å²) in [6, 6.07) is 28.1. The lowest BCUT2D eigenvalue weighted by Gasteiger charge is -2.34. The first-order chi connectivity index (χ1) is 20.3. The summed E-state index contributed by atoms with van der Waals surface area (Å²) in [5.41, 5.74) is 3.23. The Morgan fingerprint density at radius 3 is 2.31 bits per heavy atom. The highest BCUT2D eigenvalue weighted by molar-refractivity contribution is 6.31. The van der Waals surface area contributed by atoms with E-state index >= 15 is 0 Å². The fourth-order valence-electron chi connectivity index (χ4n) is 6.39. The van der Waals surface area contributed by atoms with Gasteiger partial charge in [-0.05, 0) is 66.8 Å². The van der Waals surface area contributed by atoms with Gasteiger partial charge in [0.15, 0.2) is 11.0 Å². The molecule has 0 saturated carbocycles. The van der Waals surface area contributed by atoms with E-state index in [9.17, 15) is 14.4 Å². The summed E-state index contributed by atoms with van der Waals surface area (Å²) >= 11 is 6.53. The van der Waals surface area contributed by atoms with Crippen LogP contribution in [0.25, 0.3) is 11.0 Å². The van der Waals surface area contributed by atoms with Crippen molar-refractivity contribution in [2.75, 3.05) is 11.4 Å². The molecule has 1 spiro atoms. The van der Waals surface area contributed by atoms with Crippen LogP contribution in [-0.2, 0) is 23.3 Å². The van der Waals surface area contributed by atoms with Crippen LogP contribution in [0.3, 0.4) is 0 Å². The number of nitrogens with zero attached hydrogens (tertiary/aromatic N) is 2. The Balaban J connectivity index is 1.49. The summed E-state index contributed by atoms with van der Waals surface area (Å²) in [7, 11) is 0. The van der Waals surface area contributed by atoms with Crippen LogP contribution >= 0.6 is 11.6 Å². The fourth-order valence-corrected chi connectivity index (χ4v) is 6.58. The summed E-state index contributed by atoms with van der Waals surface area (Å²) in [6.45, 7) is 4.25. The summed E-state index contributed by atoms with van der Waals surface area (Å²) in [6.07, 6.45) is 0.494. The molecular weight excluding hydrogens is 548 g/mol. The van der Waals surface area contributed by atoms with Gasteiger partial charge in [0.2, 0.25) is 5.76 Å². The van der Waals surface area contributed by atoms with Crippen LogP contribution in [0, 0.1) is 13.8 Å². The molecule has 2 aliphatic heterocycles. The summed E-state index contributed by atoms with van der Waals surface area (Å²) in [5, 5.41) is 0.882. The molecule has 0 N–H and O–H groups in total. The number of anilines is 1. The second kappa shape index (κ2) is 9.71. The molecule has 5 aromatic rings. The van der Waals surface area contributed by atoms with Crippen molar-refractivity contribution < 1.29 is 14.0 Å². The number of rotatable bonds is 5. The van der Waals surface area contributed by atoms with Crippen molar-refractivity contribution in [1.29, 1.82) is 0 Å². The smallest absolute Gasteiger partial charge is 0.291 e. The molecule has 0 fully saturated rings. The number of hydrogen-bond acceptors (Lipinski definition) is 4. The summed E-state index contributed by atoms with van der Waals surface area (Å²) < 4.78 is 6.26. The molecule has 0 saturated heterocycles. The van der Waals surface area contributed by atoms with Gasteiger partial charge in [0, 0.05) is 17.1 Å². The highest BCUT2D eigenvalue weighted by atomic mass is 35.5. The van der Waals surface area contributed by atoms with E-state index in [1.54, 1.807) is 28.0 Å². The Kier molecular flexibility index (Phi) is 6.06. The highest BCUT2D eigenvalue weighted by Crippen LogP contribution is 2.53. The van der Waals surface area contributed by atoms with Gasteiger partial charge in [-0.25, -0.2) is 0 Å². The SMILES string of the molecule is Cc1cc2oc3c(c(=O)c2cc1C)C1(C(=O)N(Cc2ccccc2Cl)c2ccccc21)N(CCc1ccccc1)C3=O. The zero-order chi connectivity index (χ0) is 29.2. The second-order valence-corrected chi connectivity index (χ2v) is 11.4. The van der Waals surface area contributed by atoms with Gasteiger partial charge in [-0.2, -0.15) is 0 Å². The zero-order valence-electron chi connectivity index (χ0n) is 23.2. The Morgan fingerprint density at radius 1 is 0.833 bits per heavy atom. The Morgan fingerprint density at radius 2 is 1.52 bits per heavy atom. The lowest BCUT2D eigenvalue weighted by molar-refractivity contribution is -0.126. The third kappa shape index (κ3) is 3.68. The van der Waals surface area contributed by atoms with Gasteiger partial charge in [-0.1, -0.05) is 78.3 Å². The molecule has 6 nitrogen and oxygen atoms in total. The second-order valence-electron chi connectivity index (χ2n) is 11.0. The van der Waals surface area contributed by atoms with E-state index in [1.165, 1.54) is 0 Å². The summed E-state index contributed by atoms with van der Waals surface area (Å²) in [4.78, 5) is 46.9. The first-order valence-corrected chi connectivity index (χ1v) is 14.3. The van der Waals surface area contributed by atoms with E-state index in [4.69, 9.17) is 16.0 Å². The predicted octanol–water partition coefficient (Wildman–Crippen LogP) is 6.55. The molecule has 2 amide bonds. The third-order valence-electron chi connectivity index (χ3n) is 8.61. The van der Waals surface area contributed by atoms with E-state index in [2.05, 4.69) is 0 Å². The normalized spacial score (nSPS) is 17.4. The maximum atomic E-state index is 14.9. The Labute approximate surface area is 247 Å². The maximum Gasteiger partial charge on any atom is 0.291 e. The van der Waals surface area contributed by atoms with Gasteiger partial charge >= 0.3 is 0 Å². The number of fused-ring (bicyclic) bond motifs is 5. The molecule has 1 aromatic heterocycles. The van der Waals surface area contributed by atoms with Gasteiger partial charge in [0.25, 0.3) is 11.8 Å². The van der Waals surface area contributed by atoms with Gasteiger partial charge in [-0.15, -0.1) is 0 Å². The average molecular weight is 575 g/mol. The molecule has 4 aromatic carbocycles. The number of carbonyl (C=O) groups is 2. The average Bonchev–Trinajstić information content (AvgIpc) is 3.38. The van der Waals surface area contributed by atoms with Crippen molar-refractivity contribution in [3.8, 4) is 0 Å². The van der Waals surface area contributed by atoms with Gasteiger partial charge in [0.1, 0.15) is 5.58 Å². The van der Waals surface area contributed by atoms with Gasteiger partial charge in [-0.3, -0.25) is 14.4 Å². The maximum absolute atomic E-state index is 14.9. The molecule has 1 atom stereocenters. The molecular formula is C35H27ClN2O4. The highest BCUT2D eigenvalue weighted by Gasteiger charge is 2.64. The monoisotopic (exact) mass is 574 g/mol. The van der Waals surface area contributed by atoms with Crippen molar-refractivity contribution >= 4 is 40.1 Å². The molecule has 0 radical (unpaired) electrons. The first kappa shape index (κ1) is 26.2. The lowest BCUT2D eigenvalue weighted by atomic mass is 9.83. The fraction of sp³-hybridized carbons (Fsp3) is 0.171. The molecule has 2 aliphatic rings. The van der Waals surface area contributed by atoms with E-state index in [1.807, 2.05) is 86.6 Å². The number of aryl methyl sites for hydroxylation is 2. The minimum absolute atomic E-state index is 0.0773. The van der Waals surface area contributed by atoms with Crippen LogP contribution in [0.2, 0.25) is 5.02 Å². The van der Waals surface area contributed by atoms with Crippen LogP contribution in [0.5, 0.6) is 0 Å². The molecule has 0 aliphatic carbocycles. The van der Waals surface area contributed by atoms with Gasteiger partial charge in [0.05, 0.1) is 23.2 Å². The van der Waals surface area contributed by atoms with Crippen molar-refractivity contribution in [1.82, 2.24) is 4.90 Å². The van der Waals surface area contributed by atoms with Crippen LogP contribution in [0.15, 0.2) is 100 Å².